The van der Waals surface area contributed by atoms with Crippen LogP contribution in [0, 0.1) is 5.82 Å². The average Bonchev–Trinajstić information content (AvgIpc) is 3.11. The van der Waals surface area contributed by atoms with Crippen LogP contribution in [-0.2, 0) is 20.8 Å². The van der Waals surface area contributed by atoms with Gasteiger partial charge in [-0.15, -0.1) is 0 Å². The summed E-state index contributed by atoms with van der Waals surface area (Å²) < 4.78 is 25.8. The van der Waals surface area contributed by atoms with E-state index in [1.54, 1.807) is 30.2 Å². The molecule has 1 saturated heterocycles. The minimum atomic E-state index is -0.547. The van der Waals surface area contributed by atoms with E-state index < -0.39 is 5.82 Å². The number of halogens is 1. The van der Waals surface area contributed by atoms with Gasteiger partial charge < -0.3 is 30.3 Å². The van der Waals surface area contributed by atoms with Crippen molar-refractivity contribution in [2.24, 2.45) is 0 Å². The molecule has 0 aliphatic carbocycles. The summed E-state index contributed by atoms with van der Waals surface area (Å²) in [6.07, 6.45) is 8.71. The Labute approximate surface area is 211 Å². The highest BCUT2D eigenvalue weighted by Gasteiger charge is 2.31. The Morgan fingerprint density at radius 2 is 2.08 bits per heavy atom. The Morgan fingerprint density at radius 1 is 1.28 bits per heavy atom. The first kappa shape index (κ1) is 26.9. The third-order valence-corrected chi connectivity index (χ3v) is 6.04. The zero-order valence-corrected chi connectivity index (χ0v) is 20.9. The molecular weight excluding hydrogens is 465 g/mol. The molecular formula is C26H34FN5O4. The van der Waals surface area contributed by atoms with E-state index in [9.17, 15) is 9.59 Å². The number of anilines is 2. The lowest BCUT2D eigenvalue weighted by Gasteiger charge is -2.21. The SMILES string of the molecule is C=CC(=O)N1CCCC(Nc2nc(NC(/C=C\C(=C)OCCOC)=C/C)c3c(c2F)CNC3=O)CC1. The number of ether oxygens (including phenoxy) is 2. The number of fused-ring (bicyclic) bond motifs is 1. The molecule has 0 saturated carbocycles. The minimum absolute atomic E-state index is 0.0702. The van der Waals surface area contributed by atoms with E-state index in [-0.39, 0.29) is 47.2 Å². The topological polar surface area (TPSA) is 105 Å². The van der Waals surface area contributed by atoms with Gasteiger partial charge in [-0.05, 0) is 44.4 Å². The number of hydrogen-bond donors (Lipinski definition) is 3. The molecule has 0 aromatic carbocycles. The molecule has 0 bridgehead atoms. The average molecular weight is 500 g/mol. The summed E-state index contributed by atoms with van der Waals surface area (Å²) in [4.78, 5) is 30.7. The fraction of sp³-hybridized carbons (Fsp3) is 0.423. The standard InChI is InChI=1S/C26H34FN5O4/c1-5-18(10-9-17(3)36-15-14-35-4)29-24-22-20(16-28-26(22)34)23(27)25(31-24)30-19-8-7-12-32(13-11-19)21(33)6-2/h5-6,9-10,19H,2-3,7-8,11-16H2,1,4H3,(H,28,34)(H2,29,30,31)/b10-9-,18-5+. The largest absolute Gasteiger partial charge is 0.492 e. The quantitative estimate of drug-likeness (QED) is 0.185. The Hall–Kier alpha value is -3.66. The van der Waals surface area contributed by atoms with Crippen molar-refractivity contribution in [1.29, 1.82) is 0 Å². The van der Waals surface area contributed by atoms with Crippen molar-refractivity contribution < 1.29 is 23.5 Å². The van der Waals surface area contributed by atoms with Gasteiger partial charge >= 0.3 is 0 Å². The van der Waals surface area contributed by atoms with Gasteiger partial charge in [0, 0.05) is 44.0 Å². The molecule has 3 N–H and O–H groups in total. The van der Waals surface area contributed by atoms with Gasteiger partial charge in [0.25, 0.3) is 5.91 Å². The van der Waals surface area contributed by atoms with Crippen molar-refractivity contribution in [1.82, 2.24) is 15.2 Å². The summed E-state index contributed by atoms with van der Waals surface area (Å²) in [5, 5.41) is 9.03. The van der Waals surface area contributed by atoms with Crippen LogP contribution in [0.25, 0.3) is 0 Å². The summed E-state index contributed by atoms with van der Waals surface area (Å²) in [6.45, 7) is 11.3. The number of amides is 2. The number of pyridine rings is 1. The molecule has 1 atom stereocenters. The Morgan fingerprint density at radius 3 is 2.81 bits per heavy atom. The molecule has 10 heteroatoms. The zero-order valence-electron chi connectivity index (χ0n) is 20.9. The van der Waals surface area contributed by atoms with Gasteiger partial charge in [0.1, 0.15) is 18.2 Å². The lowest BCUT2D eigenvalue weighted by Crippen LogP contribution is -2.31. The van der Waals surface area contributed by atoms with E-state index in [1.807, 2.05) is 6.92 Å². The summed E-state index contributed by atoms with van der Waals surface area (Å²) >= 11 is 0. The minimum Gasteiger partial charge on any atom is -0.492 e. The summed E-state index contributed by atoms with van der Waals surface area (Å²) in [5.74, 6) is -0.257. The summed E-state index contributed by atoms with van der Waals surface area (Å²) in [6, 6.07) is -0.0702. The van der Waals surface area contributed by atoms with Crippen LogP contribution in [0.15, 0.2) is 48.9 Å². The van der Waals surface area contributed by atoms with Gasteiger partial charge in [-0.2, -0.15) is 0 Å². The smallest absolute Gasteiger partial charge is 0.255 e. The van der Waals surface area contributed by atoms with Crippen LogP contribution in [0.2, 0.25) is 0 Å². The number of carbonyl (C=O) groups excluding carboxylic acids is 2. The number of hydrogen-bond acceptors (Lipinski definition) is 7. The van der Waals surface area contributed by atoms with Crippen LogP contribution in [0.3, 0.4) is 0 Å². The van der Waals surface area contributed by atoms with Gasteiger partial charge in [0.05, 0.1) is 12.2 Å². The highest BCUT2D eigenvalue weighted by Crippen LogP contribution is 2.31. The van der Waals surface area contributed by atoms with Crippen molar-refractivity contribution >= 4 is 23.5 Å². The second-order valence-electron chi connectivity index (χ2n) is 8.47. The molecule has 1 fully saturated rings. The fourth-order valence-electron chi connectivity index (χ4n) is 4.08. The molecule has 1 aromatic heterocycles. The Balaban J connectivity index is 1.79. The van der Waals surface area contributed by atoms with Crippen LogP contribution in [0.1, 0.15) is 42.1 Å². The van der Waals surface area contributed by atoms with Gasteiger partial charge in [0.15, 0.2) is 11.6 Å². The number of likely N-dealkylation sites (tertiary alicyclic amines) is 1. The van der Waals surface area contributed by atoms with E-state index in [4.69, 9.17) is 9.47 Å². The number of carbonyl (C=O) groups is 2. The van der Waals surface area contributed by atoms with Crippen molar-refractivity contribution in [3.63, 3.8) is 0 Å². The normalized spacial score (nSPS) is 17.9. The number of nitrogens with zero attached hydrogens (tertiary/aromatic N) is 2. The maximum atomic E-state index is 15.4. The maximum absolute atomic E-state index is 15.4. The summed E-state index contributed by atoms with van der Waals surface area (Å²) in [7, 11) is 1.59. The second-order valence-corrected chi connectivity index (χ2v) is 8.47. The van der Waals surface area contributed by atoms with Gasteiger partial charge in [-0.25, -0.2) is 9.37 Å². The van der Waals surface area contributed by atoms with Crippen LogP contribution in [0.4, 0.5) is 16.0 Å². The third kappa shape index (κ3) is 6.72. The highest BCUT2D eigenvalue weighted by molar-refractivity contribution is 6.03. The molecule has 194 valence electrons. The molecule has 9 nitrogen and oxygen atoms in total. The van der Waals surface area contributed by atoms with Gasteiger partial charge in [-0.1, -0.05) is 19.2 Å². The Bertz CT molecular complexity index is 1070. The highest BCUT2D eigenvalue weighted by atomic mass is 19.1. The van der Waals surface area contributed by atoms with Gasteiger partial charge in [-0.3, -0.25) is 9.59 Å². The Kier molecular flexibility index (Phi) is 9.63. The number of aromatic nitrogens is 1. The number of rotatable bonds is 11. The number of methoxy groups -OCH3 is 1. The summed E-state index contributed by atoms with van der Waals surface area (Å²) in [5.41, 5.74) is 1.08. The van der Waals surface area contributed by atoms with Crippen molar-refractivity contribution in [2.45, 2.75) is 38.8 Å². The number of allylic oxidation sites excluding steroid dienone is 3. The van der Waals surface area contributed by atoms with E-state index in [0.717, 1.165) is 12.8 Å². The van der Waals surface area contributed by atoms with Crippen LogP contribution >= 0.6 is 0 Å². The molecule has 3 rings (SSSR count). The molecule has 0 radical (unpaired) electrons. The van der Waals surface area contributed by atoms with Crippen molar-refractivity contribution in [2.75, 3.05) is 44.0 Å². The van der Waals surface area contributed by atoms with Crippen molar-refractivity contribution in [3.05, 3.63) is 65.9 Å². The number of nitrogens with one attached hydrogen (secondary N) is 3. The lowest BCUT2D eigenvalue weighted by molar-refractivity contribution is -0.125. The van der Waals surface area contributed by atoms with Crippen molar-refractivity contribution in [3.8, 4) is 0 Å². The first-order chi connectivity index (χ1) is 17.4. The lowest BCUT2D eigenvalue weighted by atomic mass is 10.1. The molecule has 0 spiro atoms. The molecule has 2 aliphatic rings. The van der Waals surface area contributed by atoms with E-state index in [2.05, 4.69) is 34.1 Å². The first-order valence-corrected chi connectivity index (χ1v) is 12.0. The van der Waals surface area contributed by atoms with E-state index in [0.29, 0.717) is 44.2 Å². The van der Waals surface area contributed by atoms with Crippen LogP contribution in [0.5, 0.6) is 0 Å². The second kappa shape index (κ2) is 12.9. The van der Waals surface area contributed by atoms with Gasteiger partial charge in [0.2, 0.25) is 5.91 Å². The van der Waals surface area contributed by atoms with Crippen LogP contribution in [-0.4, -0.2) is 61.2 Å². The predicted molar refractivity (Wildman–Crippen MR) is 137 cm³/mol. The molecule has 1 aromatic rings. The molecule has 2 amide bonds. The molecule has 1 unspecified atom stereocenters. The first-order valence-electron chi connectivity index (χ1n) is 12.0. The third-order valence-electron chi connectivity index (χ3n) is 6.04. The van der Waals surface area contributed by atoms with E-state index >= 15 is 4.39 Å². The zero-order chi connectivity index (χ0) is 26.1. The monoisotopic (exact) mass is 499 g/mol. The maximum Gasteiger partial charge on any atom is 0.255 e. The van der Waals surface area contributed by atoms with Crippen LogP contribution < -0.4 is 16.0 Å². The molecule has 36 heavy (non-hydrogen) atoms. The predicted octanol–water partition coefficient (Wildman–Crippen LogP) is 3.49. The molecule has 3 heterocycles. The molecule has 2 aliphatic heterocycles. The fourth-order valence-corrected chi connectivity index (χ4v) is 4.08. The van der Waals surface area contributed by atoms with E-state index in [1.165, 1.54) is 6.08 Å².